The maximum atomic E-state index is 13.8. The van der Waals surface area contributed by atoms with Crippen LogP contribution in [0.15, 0.2) is 30.5 Å². The van der Waals surface area contributed by atoms with E-state index in [0.717, 1.165) is 42.5 Å². The summed E-state index contributed by atoms with van der Waals surface area (Å²) in [5.41, 5.74) is 1.03. The third kappa shape index (κ3) is 5.16. The number of halogens is 4. The average Bonchev–Trinajstić information content (AvgIpc) is 3.35. The second-order valence-corrected chi connectivity index (χ2v) is 10.6. The van der Waals surface area contributed by atoms with Crippen LogP contribution >= 0.6 is 0 Å². The number of anilines is 2. The minimum absolute atomic E-state index is 0.0107. The maximum Gasteiger partial charge on any atom is 0.433 e. The van der Waals surface area contributed by atoms with Crippen molar-refractivity contribution in [3.8, 4) is 0 Å². The van der Waals surface area contributed by atoms with Crippen LogP contribution in [0.2, 0.25) is 0 Å². The van der Waals surface area contributed by atoms with Crippen LogP contribution in [0.3, 0.4) is 0 Å². The minimum atomic E-state index is -4.72. The average molecular weight is 531 g/mol. The van der Waals surface area contributed by atoms with Crippen molar-refractivity contribution in [3.63, 3.8) is 0 Å². The Kier molecular flexibility index (Phi) is 6.75. The van der Waals surface area contributed by atoms with Crippen LogP contribution in [0.25, 0.3) is 0 Å². The van der Waals surface area contributed by atoms with E-state index in [1.165, 1.54) is 37.1 Å². The number of hydrogen-bond donors (Lipinski definition) is 1. The van der Waals surface area contributed by atoms with Crippen molar-refractivity contribution in [2.24, 2.45) is 0 Å². The van der Waals surface area contributed by atoms with Gasteiger partial charge in [-0.25, -0.2) is 14.4 Å². The third-order valence-corrected chi connectivity index (χ3v) is 7.27. The highest BCUT2D eigenvalue weighted by molar-refractivity contribution is 5.55. The van der Waals surface area contributed by atoms with E-state index in [2.05, 4.69) is 25.1 Å². The second-order valence-electron chi connectivity index (χ2n) is 10.6. The second kappa shape index (κ2) is 9.76. The summed E-state index contributed by atoms with van der Waals surface area (Å²) in [4.78, 5) is 11.9. The van der Waals surface area contributed by atoms with Gasteiger partial charge in [-0.3, -0.25) is 0 Å². The van der Waals surface area contributed by atoms with Crippen molar-refractivity contribution in [2.75, 3.05) is 29.4 Å². The lowest BCUT2D eigenvalue weighted by Crippen LogP contribution is -2.53. The molecule has 1 unspecified atom stereocenters. The highest BCUT2D eigenvalue weighted by Crippen LogP contribution is 2.37. The first kappa shape index (κ1) is 26.3. The summed E-state index contributed by atoms with van der Waals surface area (Å²) in [5.74, 6) is 0.534. The zero-order chi connectivity index (χ0) is 27.2. The highest BCUT2D eigenvalue weighted by atomic mass is 19.4. The first-order chi connectivity index (χ1) is 17.9. The zero-order valence-corrected chi connectivity index (χ0v) is 21.6. The van der Waals surface area contributed by atoms with Crippen molar-refractivity contribution in [2.45, 2.75) is 64.3 Å². The molecule has 3 heterocycles. The zero-order valence-electron chi connectivity index (χ0n) is 21.6. The Morgan fingerprint density at radius 1 is 1.03 bits per heavy atom. The van der Waals surface area contributed by atoms with E-state index in [9.17, 15) is 22.7 Å². The van der Waals surface area contributed by atoms with Crippen LogP contribution in [-0.2, 0) is 31.0 Å². The summed E-state index contributed by atoms with van der Waals surface area (Å²) in [6, 6.07) is 6.21. The largest absolute Gasteiger partial charge is 0.433 e. The Balaban J connectivity index is 1.37. The lowest BCUT2D eigenvalue weighted by Gasteiger charge is -2.41. The van der Waals surface area contributed by atoms with Gasteiger partial charge in [0.25, 0.3) is 0 Å². The quantitative estimate of drug-likeness (QED) is 0.489. The van der Waals surface area contributed by atoms with Crippen LogP contribution in [0.5, 0.6) is 0 Å². The van der Waals surface area contributed by atoms with Crippen molar-refractivity contribution in [3.05, 3.63) is 69.9 Å². The fourth-order valence-corrected chi connectivity index (χ4v) is 5.35. The number of fused-ring (bicyclic) bond motifs is 1. The molecule has 2 aliphatic rings. The van der Waals surface area contributed by atoms with E-state index >= 15 is 0 Å². The molecule has 1 saturated heterocycles. The summed E-state index contributed by atoms with van der Waals surface area (Å²) in [6.07, 6.45) is -0.262. The van der Waals surface area contributed by atoms with Gasteiger partial charge in [-0.05, 0) is 63.3 Å². The monoisotopic (exact) mass is 530 g/mol. The normalized spacial score (nSPS) is 18.2. The number of piperazine rings is 1. The van der Waals surface area contributed by atoms with Gasteiger partial charge >= 0.3 is 6.18 Å². The van der Waals surface area contributed by atoms with Crippen LogP contribution in [0.1, 0.15) is 60.8 Å². The van der Waals surface area contributed by atoms with Gasteiger partial charge in [0.05, 0.1) is 11.3 Å². The highest BCUT2D eigenvalue weighted by Gasteiger charge is 2.41. The number of rotatable bonds is 5. The molecule has 2 aromatic heterocycles. The number of aromatic nitrogens is 4. The van der Waals surface area contributed by atoms with Gasteiger partial charge in [0, 0.05) is 49.4 Å². The van der Waals surface area contributed by atoms with Crippen molar-refractivity contribution >= 4 is 11.8 Å². The molecular formula is C27H30F4N6O. The Bertz CT molecular complexity index is 1320. The van der Waals surface area contributed by atoms with E-state index in [1.54, 1.807) is 17.0 Å². The Morgan fingerprint density at radius 3 is 2.39 bits per heavy atom. The summed E-state index contributed by atoms with van der Waals surface area (Å²) >= 11 is 0. The Labute approximate surface area is 218 Å². The molecule has 7 nitrogen and oxygen atoms in total. The molecule has 0 spiro atoms. The minimum Gasteiger partial charge on any atom is -0.386 e. The molecule has 0 radical (unpaired) electrons. The predicted octanol–water partition coefficient (Wildman–Crippen LogP) is 4.45. The van der Waals surface area contributed by atoms with Gasteiger partial charge < -0.3 is 14.9 Å². The van der Waals surface area contributed by atoms with Crippen LogP contribution in [0.4, 0.5) is 29.3 Å². The molecule has 0 amide bonds. The van der Waals surface area contributed by atoms with Crippen LogP contribution in [0, 0.1) is 5.82 Å². The van der Waals surface area contributed by atoms with E-state index in [1.807, 2.05) is 6.92 Å². The molecule has 3 aromatic rings. The predicted molar refractivity (Wildman–Crippen MR) is 135 cm³/mol. The third-order valence-electron chi connectivity index (χ3n) is 7.27. The van der Waals surface area contributed by atoms with E-state index in [-0.39, 0.29) is 23.4 Å². The van der Waals surface area contributed by atoms with Gasteiger partial charge in [0.1, 0.15) is 5.82 Å². The van der Waals surface area contributed by atoms with Gasteiger partial charge in [-0.15, -0.1) is 5.10 Å². The smallest absolute Gasteiger partial charge is 0.386 e. The number of nitrogens with zero attached hydrogens (tertiary/aromatic N) is 6. The number of alkyl halides is 3. The lowest BCUT2D eigenvalue weighted by atomic mass is 9.98. The Hall–Kier alpha value is -3.34. The molecule has 0 saturated carbocycles. The fraction of sp³-hybridized carbons (Fsp3) is 0.481. The summed E-state index contributed by atoms with van der Waals surface area (Å²) in [6.45, 7) is 5.95. The molecule has 1 aliphatic carbocycles. The van der Waals surface area contributed by atoms with Gasteiger partial charge in [0.2, 0.25) is 5.95 Å². The SMILES string of the molecule is CC1CN(c2nnc(Cc3ccc(F)cc3)c3c2CCC3)CCN1c1ncc(C(C)(C)O)c(C(F)(F)F)n1. The molecule has 1 aromatic carbocycles. The van der Waals surface area contributed by atoms with Crippen molar-refractivity contribution in [1.82, 2.24) is 20.2 Å². The lowest BCUT2D eigenvalue weighted by molar-refractivity contribution is -0.144. The van der Waals surface area contributed by atoms with E-state index in [0.29, 0.717) is 26.1 Å². The molecule has 11 heteroatoms. The maximum absolute atomic E-state index is 13.8. The van der Waals surface area contributed by atoms with Crippen LogP contribution < -0.4 is 9.80 Å². The van der Waals surface area contributed by atoms with Gasteiger partial charge in [-0.1, -0.05) is 12.1 Å². The van der Waals surface area contributed by atoms with Gasteiger partial charge in [-0.2, -0.15) is 18.3 Å². The molecular weight excluding hydrogens is 500 g/mol. The number of benzene rings is 1. The molecule has 0 bridgehead atoms. The number of hydrogen-bond acceptors (Lipinski definition) is 7. The molecule has 1 atom stereocenters. The van der Waals surface area contributed by atoms with Crippen molar-refractivity contribution in [1.29, 1.82) is 0 Å². The van der Waals surface area contributed by atoms with E-state index in [4.69, 9.17) is 0 Å². The molecule has 1 aliphatic heterocycles. The number of aliphatic hydroxyl groups is 1. The standard InChI is InChI=1S/C27H30F4N6O/c1-16-15-36(11-12-37(16)25-32-14-21(26(2,3)38)23(33-25)27(29,30)31)24-20-6-4-5-19(20)22(34-35-24)13-17-7-9-18(28)10-8-17/h7-10,14,16,38H,4-6,11-13,15H2,1-3H3. The molecule has 38 heavy (non-hydrogen) atoms. The van der Waals surface area contributed by atoms with Gasteiger partial charge in [0.15, 0.2) is 11.5 Å². The summed E-state index contributed by atoms with van der Waals surface area (Å²) in [7, 11) is 0. The summed E-state index contributed by atoms with van der Waals surface area (Å²) < 4.78 is 54.6. The van der Waals surface area contributed by atoms with E-state index < -0.39 is 17.5 Å². The summed E-state index contributed by atoms with van der Waals surface area (Å²) in [5, 5.41) is 19.3. The molecule has 5 rings (SSSR count). The van der Waals surface area contributed by atoms with Crippen molar-refractivity contribution < 1.29 is 22.7 Å². The Morgan fingerprint density at radius 2 is 1.74 bits per heavy atom. The van der Waals surface area contributed by atoms with Crippen LogP contribution in [-0.4, -0.2) is 50.9 Å². The fourth-order valence-electron chi connectivity index (χ4n) is 5.35. The first-order valence-corrected chi connectivity index (χ1v) is 12.7. The first-order valence-electron chi connectivity index (χ1n) is 12.7. The molecule has 202 valence electrons. The molecule has 1 fully saturated rings. The topological polar surface area (TPSA) is 78.3 Å². The molecule has 1 N–H and O–H groups in total.